The van der Waals surface area contributed by atoms with Crippen LogP contribution in [0, 0.1) is 5.82 Å². The van der Waals surface area contributed by atoms with Crippen LogP contribution in [0.1, 0.15) is 23.2 Å². The zero-order valence-electron chi connectivity index (χ0n) is 13.1. The second-order valence-electron chi connectivity index (χ2n) is 5.75. The number of carbonyl (C=O) groups excluding carboxylic acids is 2. The number of halogens is 3. The second kappa shape index (κ2) is 7.42. The first-order valence-electron chi connectivity index (χ1n) is 7.79. The number of anilines is 1. The molecule has 0 saturated carbocycles. The van der Waals surface area contributed by atoms with E-state index in [9.17, 15) is 14.0 Å². The Kier molecular flexibility index (Phi) is 5.25. The predicted octanol–water partition coefficient (Wildman–Crippen LogP) is 4.38. The molecule has 1 aliphatic rings. The fourth-order valence-corrected chi connectivity index (χ4v) is 3.26. The van der Waals surface area contributed by atoms with Crippen molar-refractivity contribution in [2.45, 2.75) is 18.9 Å². The van der Waals surface area contributed by atoms with E-state index in [0.717, 1.165) is 0 Å². The first-order valence-corrected chi connectivity index (χ1v) is 8.54. The molecular weight excluding hydrogens is 366 g/mol. The lowest BCUT2D eigenvalue weighted by atomic mass is 10.1. The topological polar surface area (TPSA) is 49.4 Å². The molecule has 1 aliphatic heterocycles. The highest BCUT2D eigenvalue weighted by molar-refractivity contribution is 6.34. The highest BCUT2D eigenvalue weighted by Gasteiger charge is 2.36. The first kappa shape index (κ1) is 17.7. The summed E-state index contributed by atoms with van der Waals surface area (Å²) in [7, 11) is 0. The van der Waals surface area contributed by atoms with Crippen molar-refractivity contribution in [2.75, 3.05) is 11.9 Å². The number of hydrogen-bond acceptors (Lipinski definition) is 2. The summed E-state index contributed by atoms with van der Waals surface area (Å²) in [5.41, 5.74) is 0.382. The smallest absolute Gasteiger partial charge is 0.259 e. The maximum Gasteiger partial charge on any atom is 0.259 e. The molecule has 3 rings (SSSR count). The lowest BCUT2D eigenvalue weighted by Gasteiger charge is -2.24. The highest BCUT2D eigenvalue weighted by atomic mass is 35.5. The molecule has 7 heteroatoms. The van der Waals surface area contributed by atoms with E-state index in [1.807, 2.05) is 0 Å². The Labute approximate surface area is 154 Å². The molecule has 1 heterocycles. The van der Waals surface area contributed by atoms with Crippen molar-refractivity contribution in [1.29, 1.82) is 0 Å². The summed E-state index contributed by atoms with van der Waals surface area (Å²) in [4.78, 5) is 26.6. The minimum Gasteiger partial charge on any atom is -0.326 e. The van der Waals surface area contributed by atoms with Gasteiger partial charge in [0.2, 0.25) is 5.91 Å². The van der Waals surface area contributed by atoms with Crippen LogP contribution in [0.2, 0.25) is 10.0 Å². The third-order valence-electron chi connectivity index (χ3n) is 4.10. The maximum atomic E-state index is 14.0. The van der Waals surface area contributed by atoms with Crippen molar-refractivity contribution in [3.8, 4) is 0 Å². The van der Waals surface area contributed by atoms with E-state index in [-0.39, 0.29) is 16.5 Å². The Morgan fingerprint density at radius 3 is 2.52 bits per heavy atom. The fraction of sp³-hybridized carbons (Fsp3) is 0.222. The molecule has 1 atom stereocenters. The van der Waals surface area contributed by atoms with Gasteiger partial charge in [-0.05, 0) is 49.2 Å². The number of likely N-dealkylation sites (tertiary alicyclic amines) is 1. The Hall–Kier alpha value is -2.11. The minimum atomic E-state index is -0.693. The zero-order valence-corrected chi connectivity index (χ0v) is 14.6. The monoisotopic (exact) mass is 380 g/mol. The maximum absolute atomic E-state index is 14.0. The zero-order chi connectivity index (χ0) is 18.0. The van der Waals surface area contributed by atoms with Gasteiger partial charge in [-0.1, -0.05) is 29.3 Å². The van der Waals surface area contributed by atoms with Gasteiger partial charge in [0.05, 0.1) is 10.6 Å². The summed E-state index contributed by atoms with van der Waals surface area (Å²) < 4.78 is 14.0. The number of nitrogens with zero attached hydrogens (tertiary/aromatic N) is 1. The standard InChI is InChI=1S/C18H15Cl2FN2O2/c19-11-6-8-12(9-7-11)22-17(24)15-5-2-10-23(15)18(25)16-13(20)3-1-4-14(16)21/h1,3-4,6-9,15H,2,5,10H2,(H,22,24)/t15-/m0/s1. The Morgan fingerprint density at radius 2 is 1.84 bits per heavy atom. The van der Waals surface area contributed by atoms with Crippen molar-refractivity contribution >= 4 is 40.7 Å². The van der Waals surface area contributed by atoms with Crippen LogP contribution in [0.4, 0.5) is 10.1 Å². The van der Waals surface area contributed by atoms with Crippen LogP contribution >= 0.6 is 23.2 Å². The average molecular weight is 381 g/mol. The molecule has 0 spiro atoms. The van der Waals surface area contributed by atoms with E-state index < -0.39 is 17.8 Å². The third kappa shape index (κ3) is 3.78. The van der Waals surface area contributed by atoms with Crippen LogP contribution in [0.3, 0.4) is 0 Å². The fourth-order valence-electron chi connectivity index (χ4n) is 2.89. The summed E-state index contributed by atoms with van der Waals surface area (Å²) in [5.74, 6) is -1.58. The minimum absolute atomic E-state index is 0.0359. The molecule has 0 bridgehead atoms. The Balaban J connectivity index is 1.79. The first-order chi connectivity index (χ1) is 12.0. The molecular formula is C18H15Cl2FN2O2. The summed E-state index contributed by atoms with van der Waals surface area (Å²) in [6.07, 6.45) is 1.17. The van der Waals surface area contributed by atoms with Gasteiger partial charge in [0.1, 0.15) is 11.9 Å². The largest absolute Gasteiger partial charge is 0.326 e. The molecule has 4 nitrogen and oxygen atoms in total. The van der Waals surface area contributed by atoms with Gasteiger partial charge in [-0.25, -0.2) is 4.39 Å². The number of rotatable bonds is 3. The molecule has 0 unspecified atom stereocenters. The lowest BCUT2D eigenvalue weighted by Crippen LogP contribution is -2.43. The molecule has 0 aromatic heterocycles. The van der Waals surface area contributed by atoms with Gasteiger partial charge < -0.3 is 10.2 Å². The van der Waals surface area contributed by atoms with Crippen molar-refractivity contribution < 1.29 is 14.0 Å². The van der Waals surface area contributed by atoms with E-state index in [1.165, 1.54) is 23.1 Å². The van der Waals surface area contributed by atoms with E-state index >= 15 is 0 Å². The van der Waals surface area contributed by atoms with Crippen molar-refractivity contribution in [2.24, 2.45) is 0 Å². The van der Waals surface area contributed by atoms with Crippen LogP contribution in [0.25, 0.3) is 0 Å². The van der Waals surface area contributed by atoms with Crippen LogP contribution in [-0.4, -0.2) is 29.3 Å². The van der Waals surface area contributed by atoms with Gasteiger partial charge in [-0.15, -0.1) is 0 Å². The van der Waals surface area contributed by atoms with Crippen LogP contribution < -0.4 is 5.32 Å². The number of amides is 2. The predicted molar refractivity (Wildman–Crippen MR) is 95.6 cm³/mol. The lowest BCUT2D eigenvalue weighted by molar-refractivity contribution is -0.119. The number of nitrogens with one attached hydrogen (secondary N) is 1. The molecule has 1 saturated heterocycles. The van der Waals surface area contributed by atoms with E-state index in [1.54, 1.807) is 24.3 Å². The molecule has 1 fully saturated rings. The van der Waals surface area contributed by atoms with E-state index in [0.29, 0.717) is 30.1 Å². The van der Waals surface area contributed by atoms with Gasteiger partial charge in [0, 0.05) is 17.3 Å². The van der Waals surface area contributed by atoms with Crippen LogP contribution in [0.5, 0.6) is 0 Å². The Bertz CT molecular complexity index is 791. The van der Waals surface area contributed by atoms with Crippen molar-refractivity contribution in [3.05, 3.63) is 63.9 Å². The summed E-state index contributed by atoms with van der Waals surface area (Å²) in [5, 5.41) is 3.35. The van der Waals surface area contributed by atoms with Crippen LogP contribution in [-0.2, 0) is 4.79 Å². The van der Waals surface area contributed by atoms with Gasteiger partial charge in [0.25, 0.3) is 5.91 Å². The molecule has 25 heavy (non-hydrogen) atoms. The molecule has 0 aliphatic carbocycles. The highest BCUT2D eigenvalue weighted by Crippen LogP contribution is 2.26. The van der Waals surface area contributed by atoms with Gasteiger partial charge in [-0.3, -0.25) is 9.59 Å². The second-order valence-corrected chi connectivity index (χ2v) is 6.59. The van der Waals surface area contributed by atoms with Crippen LogP contribution in [0.15, 0.2) is 42.5 Å². The third-order valence-corrected chi connectivity index (χ3v) is 4.67. The summed E-state index contributed by atoms with van der Waals surface area (Å²) >= 11 is 11.8. The normalized spacial score (nSPS) is 16.8. The number of hydrogen-bond donors (Lipinski definition) is 1. The van der Waals surface area contributed by atoms with Crippen molar-refractivity contribution in [1.82, 2.24) is 4.90 Å². The number of benzene rings is 2. The Morgan fingerprint density at radius 1 is 1.12 bits per heavy atom. The van der Waals surface area contributed by atoms with Gasteiger partial charge in [-0.2, -0.15) is 0 Å². The quantitative estimate of drug-likeness (QED) is 0.858. The van der Waals surface area contributed by atoms with Gasteiger partial charge in [0.15, 0.2) is 0 Å². The average Bonchev–Trinajstić information content (AvgIpc) is 3.06. The van der Waals surface area contributed by atoms with E-state index in [4.69, 9.17) is 23.2 Å². The molecule has 2 aromatic rings. The van der Waals surface area contributed by atoms with Gasteiger partial charge >= 0.3 is 0 Å². The summed E-state index contributed by atoms with van der Waals surface area (Å²) in [6.45, 7) is 0.377. The summed E-state index contributed by atoms with van der Waals surface area (Å²) in [6, 6.07) is 10.1. The van der Waals surface area contributed by atoms with Crippen molar-refractivity contribution in [3.63, 3.8) is 0 Å². The SMILES string of the molecule is O=C(Nc1ccc(Cl)cc1)[C@@H]1CCCN1C(=O)c1c(F)cccc1Cl. The molecule has 2 amide bonds. The molecule has 0 radical (unpaired) electrons. The molecule has 1 N–H and O–H groups in total. The molecule has 2 aromatic carbocycles. The van der Waals surface area contributed by atoms with E-state index in [2.05, 4.69) is 5.32 Å². The number of carbonyl (C=O) groups is 2. The molecule has 130 valence electrons.